The molecule has 0 aliphatic carbocycles. The molecule has 1 aromatic carbocycles. The molecule has 16 heavy (non-hydrogen) atoms. The molecule has 90 valence electrons. The molecule has 0 spiro atoms. The predicted molar refractivity (Wildman–Crippen MR) is 78.3 cm³/mol. The van der Waals surface area contributed by atoms with Gasteiger partial charge in [-0.3, -0.25) is 0 Å². The van der Waals surface area contributed by atoms with E-state index in [-0.39, 0.29) is 0 Å². The summed E-state index contributed by atoms with van der Waals surface area (Å²) in [7, 11) is 0. The summed E-state index contributed by atoms with van der Waals surface area (Å²) in [6.07, 6.45) is 1.12. The van der Waals surface area contributed by atoms with Gasteiger partial charge in [0.2, 0.25) is 0 Å². The maximum Gasteiger partial charge on any atom is 0.0198 e. The van der Waals surface area contributed by atoms with Crippen LogP contribution in [0.15, 0.2) is 28.7 Å². The minimum atomic E-state index is 0.594. The molecule has 0 bridgehead atoms. The number of halogens is 1. The highest BCUT2D eigenvalue weighted by Gasteiger charge is 2.07. The lowest BCUT2D eigenvalue weighted by Crippen LogP contribution is -2.33. The largest absolute Gasteiger partial charge is 0.313 e. The van der Waals surface area contributed by atoms with Crippen molar-refractivity contribution in [1.82, 2.24) is 5.32 Å². The fourth-order valence-electron chi connectivity index (χ4n) is 1.64. The van der Waals surface area contributed by atoms with E-state index in [1.165, 1.54) is 17.1 Å². The molecule has 1 unspecified atom stereocenters. The van der Waals surface area contributed by atoms with E-state index >= 15 is 0 Å². The molecule has 0 fully saturated rings. The van der Waals surface area contributed by atoms with Crippen LogP contribution in [0.1, 0.15) is 19.4 Å². The Labute approximate surface area is 112 Å². The van der Waals surface area contributed by atoms with Crippen molar-refractivity contribution in [1.29, 1.82) is 0 Å². The summed E-state index contributed by atoms with van der Waals surface area (Å²) in [5.41, 5.74) is 1.41. The van der Waals surface area contributed by atoms with Gasteiger partial charge in [0.1, 0.15) is 0 Å². The van der Waals surface area contributed by atoms with E-state index in [1.807, 2.05) is 11.8 Å². The zero-order valence-corrected chi connectivity index (χ0v) is 12.4. The second kappa shape index (κ2) is 8.15. The van der Waals surface area contributed by atoms with Crippen LogP contribution in [0, 0.1) is 0 Å². The van der Waals surface area contributed by atoms with Gasteiger partial charge in [0, 0.05) is 16.3 Å². The molecule has 0 heterocycles. The molecule has 1 rings (SSSR count). The standard InChI is InChI=1S/C13H20BrNS/c1-3-15-13(10-16-4-2)9-11-5-7-12(14)8-6-11/h5-8,13,15H,3-4,9-10H2,1-2H3. The van der Waals surface area contributed by atoms with E-state index in [9.17, 15) is 0 Å². The minimum absolute atomic E-state index is 0.594. The van der Waals surface area contributed by atoms with Crippen molar-refractivity contribution in [2.24, 2.45) is 0 Å². The van der Waals surface area contributed by atoms with E-state index in [0.29, 0.717) is 6.04 Å². The minimum Gasteiger partial charge on any atom is -0.313 e. The van der Waals surface area contributed by atoms with Gasteiger partial charge >= 0.3 is 0 Å². The Kier molecular flexibility index (Phi) is 7.17. The van der Waals surface area contributed by atoms with E-state index in [1.54, 1.807) is 0 Å². The summed E-state index contributed by atoms with van der Waals surface area (Å²) in [6, 6.07) is 9.23. The van der Waals surface area contributed by atoms with Crippen LogP contribution in [-0.4, -0.2) is 24.1 Å². The van der Waals surface area contributed by atoms with E-state index < -0.39 is 0 Å². The third-order valence-electron chi connectivity index (χ3n) is 2.41. The number of hydrogen-bond acceptors (Lipinski definition) is 2. The van der Waals surface area contributed by atoms with Crippen molar-refractivity contribution in [2.45, 2.75) is 26.3 Å². The van der Waals surface area contributed by atoms with Gasteiger partial charge in [-0.05, 0) is 36.4 Å². The average molecular weight is 302 g/mol. The number of nitrogens with one attached hydrogen (secondary N) is 1. The van der Waals surface area contributed by atoms with E-state index in [2.05, 4.69) is 59.4 Å². The van der Waals surface area contributed by atoms with Crippen LogP contribution in [0.25, 0.3) is 0 Å². The highest BCUT2D eigenvalue weighted by Crippen LogP contribution is 2.13. The van der Waals surface area contributed by atoms with Crippen molar-refractivity contribution in [3.63, 3.8) is 0 Å². The number of hydrogen-bond donors (Lipinski definition) is 1. The van der Waals surface area contributed by atoms with Gasteiger partial charge in [0.25, 0.3) is 0 Å². The van der Waals surface area contributed by atoms with Crippen molar-refractivity contribution in [3.8, 4) is 0 Å². The van der Waals surface area contributed by atoms with Crippen LogP contribution in [0.5, 0.6) is 0 Å². The highest BCUT2D eigenvalue weighted by atomic mass is 79.9. The Morgan fingerprint density at radius 3 is 2.50 bits per heavy atom. The van der Waals surface area contributed by atoms with Crippen molar-refractivity contribution in [2.75, 3.05) is 18.1 Å². The lowest BCUT2D eigenvalue weighted by Gasteiger charge is -2.17. The van der Waals surface area contributed by atoms with Gasteiger partial charge in [-0.15, -0.1) is 0 Å². The third kappa shape index (κ3) is 5.37. The molecule has 0 aromatic heterocycles. The fraction of sp³-hybridized carbons (Fsp3) is 0.538. The molecule has 1 N–H and O–H groups in total. The first-order chi connectivity index (χ1) is 7.76. The number of likely N-dealkylation sites (N-methyl/N-ethyl adjacent to an activating group) is 1. The summed E-state index contributed by atoms with van der Waals surface area (Å²) >= 11 is 5.47. The van der Waals surface area contributed by atoms with Gasteiger partial charge in [-0.25, -0.2) is 0 Å². The molecule has 0 saturated heterocycles. The summed E-state index contributed by atoms with van der Waals surface area (Å²) in [5.74, 6) is 2.39. The molecule has 1 aromatic rings. The third-order valence-corrected chi connectivity index (χ3v) is 3.99. The smallest absolute Gasteiger partial charge is 0.0198 e. The Morgan fingerprint density at radius 2 is 1.94 bits per heavy atom. The maximum absolute atomic E-state index is 3.55. The maximum atomic E-state index is 3.55. The van der Waals surface area contributed by atoms with Gasteiger partial charge < -0.3 is 5.32 Å². The summed E-state index contributed by atoms with van der Waals surface area (Å²) in [5, 5.41) is 3.55. The zero-order valence-electron chi connectivity index (χ0n) is 10.0. The Hall–Kier alpha value is 0.01000. The molecule has 3 heteroatoms. The van der Waals surface area contributed by atoms with Crippen LogP contribution in [0.4, 0.5) is 0 Å². The second-order valence-corrected chi connectivity index (χ2v) is 5.98. The molecule has 0 aliphatic rings. The average Bonchev–Trinajstić information content (AvgIpc) is 2.29. The van der Waals surface area contributed by atoms with Crippen LogP contribution >= 0.6 is 27.7 Å². The number of thioether (sulfide) groups is 1. The Balaban J connectivity index is 2.49. The first-order valence-electron chi connectivity index (χ1n) is 5.81. The molecule has 0 aliphatic heterocycles. The van der Waals surface area contributed by atoms with Gasteiger partial charge in [0.15, 0.2) is 0 Å². The summed E-state index contributed by atoms with van der Waals surface area (Å²) in [4.78, 5) is 0. The monoisotopic (exact) mass is 301 g/mol. The number of rotatable bonds is 7. The molecule has 1 nitrogen and oxygen atoms in total. The predicted octanol–water partition coefficient (Wildman–Crippen LogP) is 3.72. The van der Waals surface area contributed by atoms with Crippen LogP contribution in [0.3, 0.4) is 0 Å². The number of benzene rings is 1. The van der Waals surface area contributed by atoms with Crippen LogP contribution in [0.2, 0.25) is 0 Å². The van der Waals surface area contributed by atoms with Crippen LogP contribution < -0.4 is 5.32 Å². The molecular weight excluding hydrogens is 282 g/mol. The molecule has 0 saturated carbocycles. The Bertz CT molecular complexity index is 286. The summed E-state index contributed by atoms with van der Waals surface area (Å²) < 4.78 is 1.15. The molecule has 0 radical (unpaired) electrons. The van der Waals surface area contributed by atoms with Crippen molar-refractivity contribution in [3.05, 3.63) is 34.3 Å². The second-order valence-electron chi connectivity index (χ2n) is 3.74. The van der Waals surface area contributed by atoms with Crippen LogP contribution in [-0.2, 0) is 6.42 Å². The highest BCUT2D eigenvalue weighted by molar-refractivity contribution is 9.10. The zero-order chi connectivity index (χ0) is 11.8. The van der Waals surface area contributed by atoms with Crippen molar-refractivity contribution < 1.29 is 0 Å². The van der Waals surface area contributed by atoms with Gasteiger partial charge in [-0.1, -0.05) is 41.9 Å². The normalized spacial score (nSPS) is 12.7. The lowest BCUT2D eigenvalue weighted by atomic mass is 10.1. The van der Waals surface area contributed by atoms with Gasteiger partial charge in [-0.2, -0.15) is 11.8 Å². The lowest BCUT2D eigenvalue weighted by molar-refractivity contribution is 0.572. The molecule has 1 atom stereocenters. The Morgan fingerprint density at radius 1 is 1.25 bits per heavy atom. The van der Waals surface area contributed by atoms with Gasteiger partial charge in [0.05, 0.1) is 0 Å². The quantitative estimate of drug-likeness (QED) is 0.824. The first-order valence-corrected chi connectivity index (χ1v) is 7.76. The van der Waals surface area contributed by atoms with E-state index in [4.69, 9.17) is 0 Å². The topological polar surface area (TPSA) is 12.0 Å². The molecular formula is C13H20BrNS. The van der Waals surface area contributed by atoms with E-state index in [0.717, 1.165) is 17.4 Å². The van der Waals surface area contributed by atoms with Crippen molar-refractivity contribution >= 4 is 27.7 Å². The fourth-order valence-corrected chi connectivity index (χ4v) is 2.66. The first kappa shape index (κ1) is 14.1. The SMILES string of the molecule is CCNC(CSCC)Cc1ccc(Br)cc1. The molecule has 0 amide bonds. The summed E-state index contributed by atoms with van der Waals surface area (Å²) in [6.45, 7) is 5.43.